The minimum absolute atomic E-state index is 0.00431. The Morgan fingerprint density at radius 2 is 2.11 bits per heavy atom. The Kier molecular flexibility index (Phi) is 6.01. The minimum Gasteiger partial charge on any atom is -0.396 e. The Hall–Kier alpha value is -1.20. The van der Waals surface area contributed by atoms with Gasteiger partial charge in [0.2, 0.25) is 5.91 Å². The maximum atomic E-state index is 11.7. The van der Waals surface area contributed by atoms with Gasteiger partial charge in [-0.3, -0.25) is 9.00 Å². The third-order valence-corrected chi connectivity index (χ3v) is 3.82. The number of hydrogen-bond acceptors (Lipinski definition) is 3. The molecule has 1 rings (SSSR count). The van der Waals surface area contributed by atoms with E-state index in [2.05, 4.69) is 5.32 Å². The summed E-state index contributed by atoms with van der Waals surface area (Å²) in [6, 6.07) is 5.81. The Balaban J connectivity index is 2.54. The van der Waals surface area contributed by atoms with Gasteiger partial charge < -0.3 is 10.4 Å². The molecule has 1 amide bonds. The van der Waals surface area contributed by atoms with Crippen LogP contribution in [0.2, 0.25) is 0 Å². The van der Waals surface area contributed by atoms with Crippen LogP contribution in [0.15, 0.2) is 18.2 Å². The number of amides is 1. The summed E-state index contributed by atoms with van der Waals surface area (Å²) in [6.07, 6.45) is 0.462. The summed E-state index contributed by atoms with van der Waals surface area (Å²) in [5, 5.41) is 11.4. The monoisotopic (exact) mass is 269 g/mol. The molecule has 0 saturated heterocycles. The van der Waals surface area contributed by atoms with Crippen molar-refractivity contribution in [2.75, 3.05) is 23.4 Å². The number of nitrogens with one attached hydrogen (secondary N) is 1. The number of aliphatic hydroxyl groups excluding tert-OH is 1. The average Bonchev–Trinajstić information content (AvgIpc) is 2.31. The highest BCUT2D eigenvalue weighted by Crippen LogP contribution is 2.16. The molecule has 0 aliphatic rings. The van der Waals surface area contributed by atoms with Gasteiger partial charge >= 0.3 is 0 Å². The van der Waals surface area contributed by atoms with Gasteiger partial charge in [-0.25, -0.2) is 0 Å². The van der Waals surface area contributed by atoms with E-state index in [-0.39, 0.29) is 18.3 Å². The molecule has 0 spiro atoms. The first-order valence-corrected chi connectivity index (χ1v) is 7.34. The summed E-state index contributed by atoms with van der Waals surface area (Å²) >= 11 is 0. The van der Waals surface area contributed by atoms with Crippen molar-refractivity contribution in [2.24, 2.45) is 0 Å². The normalized spacial score (nSPS) is 12.2. The van der Waals surface area contributed by atoms with Crippen molar-refractivity contribution in [1.82, 2.24) is 0 Å². The van der Waals surface area contributed by atoms with Gasteiger partial charge in [-0.05, 0) is 37.5 Å². The van der Waals surface area contributed by atoms with E-state index < -0.39 is 10.8 Å². The zero-order valence-electron chi connectivity index (χ0n) is 10.7. The molecule has 2 N–H and O–H groups in total. The van der Waals surface area contributed by atoms with Crippen LogP contribution in [0.25, 0.3) is 0 Å². The van der Waals surface area contributed by atoms with Crippen molar-refractivity contribution in [1.29, 1.82) is 0 Å². The number of anilines is 1. The van der Waals surface area contributed by atoms with E-state index in [1.165, 1.54) is 0 Å². The fourth-order valence-corrected chi connectivity index (χ4v) is 2.46. The van der Waals surface area contributed by atoms with E-state index in [1.54, 1.807) is 0 Å². The molecule has 0 aromatic heterocycles. The van der Waals surface area contributed by atoms with E-state index in [1.807, 2.05) is 32.0 Å². The summed E-state index contributed by atoms with van der Waals surface area (Å²) in [4.78, 5) is 11.7. The number of benzene rings is 1. The van der Waals surface area contributed by atoms with E-state index in [4.69, 9.17) is 5.11 Å². The Morgan fingerprint density at radius 1 is 1.39 bits per heavy atom. The summed E-state index contributed by atoms with van der Waals surface area (Å²) in [7, 11) is -1.21. The molecule has 5 heteroatoms. The molecule has 0 radical (unpaired) electrons. The molecule has 1 unspecified atom stereocenters. The smallest absolute Gasteiger partial charge is 0.236 e. The van der Waals surface area contributed by atoms with Crippen molar-refractivity contribution >= 4 is 22.4 Å². The third kappa shape index (κ3) is 4.98. The molecule has 0 bridgehead atoms. The van der Waals surface area contributed by atoms with Crippen LogP contribution in [0.4, 0.5) is 5.69 Å². The fourth-order valence-electron chi connectivity index (χ4n) is 1.50. The van der Waals surface area contributed by atoms with Gasteiger partial charge in [0.05, 0.1) is 0 Å². The summed E-state index contributed by atoms with van der Waals surface area (Å²) in [5.74, 6) is 0.0874. The number of aliphatic hydroxyl groups is 1. The molecule has 0 aliphatic carbocycles. The first-order chi connectivity index (χ1) is 8.52. The maximum absolute atomic E-state index is 11.7. The van der Waals surface area contributed by atoms with Crippen molar-refractivity contribution < 1.29 is 14.1 Å². The predicted octanol–water partition coefficient (Wildman–Crippen LogP) is 1.37. The maximum Gasteiger partial charge on any atom is 0.236 e. The molecule has 0 aliphatic heterocycles. The van der Waals surface area contributed by atoms with Crippen LogP contribution in [0.5, 0.6) is 0 Å². The predicted molar refractivity (Wildman–Crippen MR) is 74.1 cm³/mol. The van der Waals surface area contributed by atoms with E-state index in [0.717, 1.165) is 16.8 Å². The zero-order chi connectivity index (χ0) is 13.5. The molecule has 100 valence electrons. The third-order valence-electron chi connectivity index (χ3n) is 2.49. The van der Waals surface area contributed by atoms with Crippen molar-refractivity contribution in [3.05, 3.63) is 29.3 Å². The van der Waals surface area contributed by atoms with Gasteiger partial charge in [0.15, 0.2) is 0 Å². The van der Waals surface area contributed by atoms with Gasteiger partial charge in [0, 0.05) is 28.8 Å². The van der Waals surface area contributed by atoms with Crippen LogP contribution < -0.4 is 5.32 Å². The molecule has 18 heavy (non-hydrogen) atoms. The summed E-state index contributed by atoms with van der Waals surface area (Å²) < 4.78 is 11.5. The molecule has 0 saturated carbocycles. The number of carbonyl (C=O) groups is 1. The van der Waals surface area contributed by atoms with Gasteiger partial charge in [-0.15, -0.1) is 0 Å². The molecular formula is C13H19NO3S. The first kappa shape index (κ1) is 14.9. The standard InChI is InChI=1S/C13H19NO3S/c1-10-4-5-11(2)12(8-10)14-13(16)9-18(17)7-3-6-15/h4-5,8,15H,3,6-7,9H2,1-2H3,(H,14,16). The second-order valence-corrected chi connectivity index (χ2v) is 5.81. The molecule has 0 fully saturated rings. The highest BCUT2D eigenvalue weighted by Gasteiger charge is 2.09. The van der Waals surface area contributed by atoms with Crippen LogP contribution in [0.1, 0.15) is 17.5 Å². The van der Waals surface area contributed by atoms with Crippen molar-refractivity contribution in [3.63, 3.8) is 0 Å². The van der Waals surface area contributed by atoms with E-state index in [0.29, 0.717) is 12.2 Å². The highest BCUT2D eigenvalue weighted by atomic mass is 32.2. The second kappa shape index (κ2) is 7.28. The average molecular weight is 269 g/mol. The SMILES string of the molecule is Cc1ccc(C)c(NC(=O)CS(=O)CCCO)c1. The van der Waals surface area contributed by atoms with Gasteiger partial charge in [0.1, 0.15) is 5.75 Å². The fraction of sp³-hybridized carbons (Fsp3) is 0.462. The molecular weight excluding hydrogens is 250 g/mol. The quantitative estimate of drug-likeness (QED) is 0.819. The molecule has 1 aromatic rings. The number of aryl methyl sites for hydroxylation is 2. The minimum atomic E-state index is -1.21. The van der Waals surface area contributed by atoms with Crippen LogP contribution in [-0.4, -0.2) is 33.3 Å². The zero-order valence-corrected chi connectivity index (χ0v) is 11.5. The van der Waals surface area contributed by atoms with Crippen LogP contribution in [-0.2, 0) is 15.6 Å². The van der Waals surface area contributed by atoms with E-state index in [9.17, 15) is 9.00 Å². The van der Waals surface area contributed by atoms with Gasteiger partial charge in [-0.2, -0.15) is 0 Å². The lowest BCUT2D eigenvalue weighted by Gasteiger charge is -2.09. The van der Waals surface area contributed by atoms with E-state index >= 15 is 0 Å². The molecule has 1 aromatic carbocycles. The largest absolute Gasteiger partial charge is 0.396 e. The van der Waals surface area contributed by atoms with Crippen molar-refractivity contribution in [3.8, 4) is 0 Å². The van der Waals surface area contributed by atoms with Crippen LogP contribution in [0.3, 0.4) is 0 Å². The lowest BCUT2D eigenvalue weighted by atomic mass is 10.1. The highest BCUT2D eigenvalue weighted by molar-refractivity contribution is 7.85. The van der Waals surface area contributed by atoms with Crippen molar-refractivity contribution in [2.45, 2.75) is 20.3 Å². The molecule has 4 nitrogen and oxygen atoms in total. The number of hydrogen-bond donors (Lipinski definition) is 2. The second-order valence-electron chi connectivity index (χ2n) is 4.23. The van der Waals surface area contributed by atoms with Gasteiger partial charge in [0.25, 0.3) is 0 Å². The number of carbonyl (C=O) groups excluding carboxylic acids is 1. The topological polar surface area (TPSA) is 66.4 Å². The number of rotatable bonds is 6. The Labute approximate surface area is 110 Å². The summed E-state index contributed by atoms with van der Waals surface area (Å²) in [5.41, 5.74) is 2.81. The summed E-state index contributed by atoms with van der Waals surface area (Å²) in [6.45, 7) is 3.87. The lowest BCUT2D eigenvalue weighted by Crippen LogP contribution is -2.21. The molecule has 0 heterocycles. The van der Waals surface area contributed by atoms with Crippen LogP contribution >= 0.6 is 0 Å². The molecule has 1 atom stereocenters. The Morgan fingerprint density at radius 3 is 2.78 bits per heavy atom. The lowest BCUT2D eigenvalue weighted by molar-refractivity contribution is -0.113. The van der Waals surface area contributed by atoms with Crippen LogP contribution in [0, 0.1) is 13.8 Å². The Bertz CT molecular complexity index is 446. The van der Waals surface area contributed by atoms with Gasteiger partial charge in [-0.1, -0.05) is 12.1 Å². The first-order valence-electron chi connectivity index (χ1n) is 5.86.